The molecule has 0 bridgehead atoms. The molecule has 104 valence electrons. The fourth-order valence-electron chi connectivity index (χ4n) is 1.57. The number of furan rings is 1. The van der Waals surface area contributed by atoms with Crippen LogP contribution < -0.4 is 10.5 Å². The molecule has 0 aliphatic heterocycles. The zero-order valence-corrected chi connectivity index (χ0v) is 13.3. The first kappa shape index (κ1) is 14.7. The van der Waals surface area contributed by atoms with E-state index < -0.39 is 16.1 Å². The van der Waals surface area contributed by atoms with Gasteiger partial charge in [0.05, 0.1) is 16.1 Å². The second-order valence-electron chi connectivity index (χ2n) is 3.91. The number of sulfonamides is 1. The molecule has 5 nitrogen and oxygen atoms in total. The fraction of sp³-hybridized carbons (Fsp3) is 0.273. The molecule has 1 unspecified atom stereocenters. The van der Waals surface area contributed by atoms with Gasteiger partial charge in [-0.3, -0.25) is 0 Å². The Balaban J connectivity index is 2.25. The second-order valence-corrected chi connectivity index (χ2v) is 8.05. The normalized spacial score (nSPS) is 13.6. The number of rotatable bonds is 5. The number of halogens is 1. The Morgan fingerprint density at radius 2 is 2.32 bits per heavy atom. The summed E-state index contributed by atoms with van der Waals surface area (Å²) in [6.07, 6.45) is 1.51. The third-order valence-electron chi connectivity index (χ3n) is 2.50. The lowest BCUT2D eigenvalue weighted by molar-refractivity contribution is 0.459. The molecule has 8 heteroatoms. The molecule has 19 heavy (non-hydrogen) atoms. The van der Waals surface area contributed by atoms with Crippen LogP contribution in [0.5, 0.6) is 0 Å². The maximum Gasteiger partial charge on any atom is 0.243 e. The van der Waals surface area contributed by atoms with Crippen LogP contribution in [-0.4, -0.2) is 8.42 Å². The van der Waals surface area contributed by atoms with E-state index >= 15 is 0 Å². The summed E-state index contributed by atoms with van der Waals surface area (Å²) in [5.74, 6) is 0.564. The minimum absolute atomic E-state index is 0.205. The van der Waals surface area contributed by atoms with Crippen LogP contribution in [0, 0.1) is 0 Å². The summed E-state index contributed by atoms with van der Waals surface area (Å²) in [6, 6.07) is 4.58. The van der Waals surface area contributed by atoms with E-state index in [4.69, 9.17) is 10.2 Å². The van der Waals surface area contributed by atoms with Gasteiger partial charge < -0.3 is 10.2 Å². The van der Waals surface area contributed by atoms with E-state index in [0.29, 0.717) is 16.1 Å². The molecule has 0 aliphatic rings. The van der Waals surface area contributed by atoms with Gasteiger partial charge in [0, 0.05) is 11.4 Å². The van der Waals surface area contributed by atoms with Gasteiger partial charge in [-0.25, -0.2) is 13.1 Å². The molecule has 2 heterocycles. The topological polar surface area (TPSA) is 85.3 Å². The van der Waals surface area contributed by atoms with E-state index in [9.17, 15) is 8.42 Å². The second kappa shape index (κ2) is 5.76. The van der Waals surface area contributed by atoms with Crippen molar-refractivity contribution in [3.63, 3.8) is 0 Å². The minimum Gasteiger partial charge on any atom is -0.468 e. The molecule has 0 spiro atoms. The Kier molecular flexibility index (Phi) is 4.46. The molecule has 2 aromatic heterocycles. The molecule has 0 aliphatic carbocycles. The number of thiophene rings is 1. The average Bonchev–Trinajstić information content (AvgIpc) is 2.96. The third-order valence-corrected chi connectivity index (χ3v) is 6.31. The standard InChI is InChI=1S/C11H13BrN2O3S2/c1-7(9-3-2-4-17-9)14-19(15,16)10-5-8(6-13)18-11(10)12/h2-5,7,14H,6,13H2,1H3. The van der Waals surface area contributed by atoms with E-state index in [1.165, 1.54) is 17.6 Å². The van der Waals surface area contributed by atoms with E-state index in [-0.39, 0.29) is 4.90 Å². The van der Waals surface area contributed by atoms with Crippen LogP contribution in [0.15, 0.2) is 37.6 Å². The molecule has 2 aromatic rings. The van der Waals surface area contributed by atoms with Crippen molar-refractivity contribution in [2.75, 3.05) is 0 Å². The number of hydrogen-bond donors (Lipinski definition) is 2. The Hall–Kier alpha value is -0.670. The van der Waals surface area contributed by atoms with Crippen molar-refractivity contribution >= 4 is 37.3 Å². The van der Waals surface area contributed by atoms with Gasteiger partial charge in [-0.15, -0.1) is 11.3 Å². The molecule has 0 saturated heterocycles. The summed E-state index contributed by atoms with van der Waals surface area (Å²) >= 11 is 4.57. The van der Waals surface area contributed by atoms with Crippen LogP contribution >= 0.6 is 27.3 Å². The summed E-state index contributed by atoms with van der Waals surface area (Å²) in [7, 11) is -3.61. The van der Waals surface area contributed by atoms with Crippen LogP contribution in [-0.2, 0) is 16.6 Å². The lowest BCUT2D eigenvalue weighted by Gasteiger charge is -2.11. The molecular weight excluding hydrogens is 352 g/mol. The monoisotopic (exact) mass is 364 g/mol. The van der Waals surface area contributed by atoms with Crippen molar-refractivity contribution in [1.29, 1.82) is 0 Å². The minimum atomic E-state index is -3.61. The number of nitrogens with one attached hydrogen (secondary N) is 1. The molecular formula is C11H13BrN2O3S2. The first-order valence-electron chi connectivity index (χ1n) is 5.48. The Morgan fingerprint density at radius 1 is 1.58 bits per heavy atom. The zero-order valence-electron chi connectivity index (χ0n) is 10.1. The van der Waals surface area contributed by atoms with Crippen LogP contribution in [0.3, 0.4) is 0 Å². The lowest BCUT2D eigenvalue weighted by Crippen LogP contribution is -2.26. The molecule has 0 aromatic carbocycles. The average molecular weight is 365 g/mol. The molecule has 1 atom stereocenters. The maximum absolute atomic E-state index is 12.3. The van der Waals surface area contributed by atoms with Crippen molar-refractivity contribution in [2.45, 2.75) is 24.4 Å². The van der Waals surface area contributed by atoms with E-state index in [0.717, 1.165) is 4.88 Å². The van der Waals surface area contributed by atoms with Gasteiger partial charge in [-0.1, -0.05) is 0 Å². The van der Waals surface area contributed by atoms with Gasteiger partial charge in [0.25, 0.3) is 0 Å². The lowest BCUT2D eigenvalue weighted by atomic mass is 10.3. The molecule has 0 radical (unpaired) electrons. The highest BCUT2D eigenvalue weighted by molar-refractivity contribution is 9.11. The van der Waals surface area contributed by atoms with Crippen LogP contribution in [0.1, 0.15) is 23.6 Å². The highest BCUT2D eigenvalue weighted by Gasteiger charge is 2.24. The summed E-state index contributed by atoms with van der Waals surface area (Å²) in [5, 5.41) is 0. The largest absolute Gasteiger partial charge is 0.468 e. The third kappa shape index (κ3) is 3.26. The van der Waals surface area contributed by atoms with Crippen molar-refractivity contribution in [1.82, 2.24) is 4.72 Å². The molecule has 0 saturated carbocycles. The van der Waals surface area contributed by atoms with E-state index in [1.807, 2.05) is 0 Å². The van der Waals surface area contributed by atoms with Crippen molar-refractivity contribution in [3.05, 3.63) is 38.9 Å². The molecule has 3 N–H and O–H groups in total. The quantitative estimate of drug-likeness (QED) is 0.853. The first-order valence-corrected chi connectivity index (χ1v) is 8.57. The van der Waals surface area contributed by atoms with Gasteiger partial charge in [-0.05, 0) is 41.1 Å². The highest BCUT2D eigenvalue weighted by atomic mass is 79.9. The van der Waals surface area contributed by atoms with Gasteiger partial charge in [0.15, 0.2) is 0 Å². The Labute approximate surface area is 124 Å². The summed E-state index contributed by atoms with van der Waals surface area (Å²) in [6.45, 7) is 2.03. The van der Waals surface area contributed by atoms with E-state index in [1.54, 1.807) is 25.1 Å². The summed E-state index contributed by atoms with van der Waals surface area (Å²) in [4.78, 5) is 1.01. The predicted octanol–water partition coefficient (Wildman–Crippen LogP) is 2.60. The van der Waals surface area contributed by atoms with E-state index in [2.05, 4.69) is 20.7 Å². The smallest absolute Gasteiger partial charge is 0.243 e. The first-order chi connectivity index (χ1) is 8.94. The van der Waals surface area contributed by atoms with Crippen LogP contribution in [0.25, 0.3) is 0 Å². The summed E-state index contributed by atoms with van der Waals surface area (Å²) < 4.78 is 32.8. The van der Waals surface area contributed by atoms with Crippen LogP contribution in [0.4, 0.5) is 0 Å². The van der Waals surface area contributed by atoms with Crippen LogP contribution in [0.2, 0.25) is 0 Å². The van der Waals surface area contributed by atoms with Gasteiger partial charge in [-0.2, -0.15) is 0 Å². The highest BCUT2D eigenvalue weighted by Crippen LogP contribution is 2.32. The fourth-order valence-corrected chi connectivity index (χ4v) is 5.35. The van der Waals surface area contributed by atoms with Crippen molar-refractivity contribution < 1.29 is 12.8 Å². The SMILES string of the molecule is CC(NS(=O)(=O)c1cc(CN)sc1Br)c1ccco1. The van der Waals surface area contributed by atoms with Gasteiger partial charge in [0.2, 0.25) is 10.0 Å². The molecule has 0 amide bonds. The molecule has 0 fully saturated rings. The van der Waals surface area contributed by atoms with Crippen molar-refractivity contribution in [3.8, 4) is 0 Å². The van der Waals surface area contributed by atoms with Gasteiger partial charge >= 0.3 is 0 Å². The summed E-state index contributed by atoms with van der Waals surface area (Å²) in [5.41, 5.74) is 5.51. The number of hydrogen-bond acceptors (Lipinski definition) is 5. The predicted molar refractivity (Wildman–Crippen MR) is 77.4 cm³/mol. The molecule has 2 rings (SSSR count). The Morgan fingerprint density at radius 3 is 2.84 bits per heavy atom. The van der Waals surface area contributed by atoms with Gasteiger partial charge in [0.1, 0.15) is 10.7 Å². The Bertz CT molecular complexity index is 650. The van der Waals surface area contributed by atoms with Crippen molar-refractivity contribution in [2.24, 2.45) is 5.73 Å². The maximum atomic E-state index is 12.3. The number of nitrogens with two attached hydrogens (primary N) is 1. The zero-order chi connectivity index (χ0) is 14.0.